The summed E-state index contributed by atoms with van der Waals surface area (Å²) in [6.07, 6.45) is 1.72. The summed E-state index contributed by atoms with van der Waals surface area (Å²) in [4.78, 5) is 5.12. The van der Waals surface area contributed by atoms with E-state index in [2.05, 4.69) is 16.7 Å². The Morgan fingerprint density at radius 2 is 2.15 bits per heavy atom. The second kappa shape index (κ2) is 3.95. The fourth-order valence-corrected chi connectivity index (χ4v) is 2.52. The van der Waals surface area contributed by atoms with Gasteiger partial charge in [0.1, 0.15) is 0 Å². The minimum Gasteiger partial charge on any atom is -0.380 e. The molecular formula is C10H20N2O. The smallest absolute Gasteiger partial charge is 0.0713 e. The largest absolute Gasteiger partial charge is 0.380 e. The number of nitrogens with zero attached hydrogens (tertiary/aromatic N) is 2. The number of hydrogen-bond donors (Lipinski definition) is 0. The van der Waals surface area contributed by atoms with Gasteiger partial charge in [-0.2, -0.15) is 0 Å². The highest BCUT2D eigenvalue weighted by Gasteiger charge is 2.35. The van der Waals surface area contributed by atoms with Gasteiger partial charge in [0.25, 0.3) is 0 Å². The van der Waals surface area contributed by atoms with E-state index >= 15 is 0 Å². The minimum absolute atomic E-state index is 0.488. The van der Waals surface area contributed by atoms with E-state index in [4.69, 9.17) is 4.74 Å². The first kappa shape index (κ1) is 9.44. The summed E-state index contributed by atoms with van der Waals surface area (Å²) in [6.45, 7) is 8.32. The first-order valence-corrected chi connectivity index (χ1v) is 5.32. The molecule has 0 aromatic carbocycles. The number of rotatable bonds is 2. The van der Waals surface area contributed by atoms with Crippen LogP contribution in [0, 0.1) is 0 Å². The van der Waals surface area contributed by atoms with Gasteiger partial charge in [0.15, 0.2) is 0 Å². The topological polar surface area (TPSA) is 15.7 Å². The van der Waals surface area contributed by atoms with Crippen LogP contribution in [0.1, 0.15) is 13.3 Å². The van der Waals surface area contributed by atoms with Gasteiger partial charge in [0.2, 0.25) is 0 Å². The van der Waals surface area contributed by atoms with Gasteiger partial charge in [-0.05, 0) is 13.0 Å². The van der Waals surface area contributed by atoms with Crippen molar-refractivity contribution in [1.29, 1.82) is 0 Å². The SMILES string of the molecule is CCN1CCN2CC(OC)CC2C1. The standard InChI is InChI=1S/C10H20N2O/c1-3-11-4-5-12-8-10(13-2)6-9(12)7-11/h9-10H,3-8H2,1-2H3. The zero-order valence-electron chi connectivity index (χ0n) is 8.70. The summed E-state index contributed by atoms with van der Waals surface area (Å²) in [5.41, 5.74) is 0. The van der Waals surface area contributed by atoms with Gasteiger partial charge in [-0.3, -0.25) is 4.90 Å². The maximum Gasteiger partial charge on any atom is 0.0713 e. The zero-order chi connectivity index (χ0) is 9.26. The molecule has 2 heterocycles. The monoisotopic (exact) mass is 184 g/mol. The van der Waals surface area contributed by atoms with Crippen LogP contribution < -0.4 is 0 Å². The molecule has 2 fully saturated rings. The lowest BCUT2D eigenvalue weighted by molar-refractivity contribution is 0.0960. The average Bonchev–Trinajstić information content (AvgIpc) is 2.58. The maximum absolute atomic E-state index is 5.41. The van der Waals surface area contributed by atoms with Crippen molar-refractivity contribution in [3.63, 3.8) is 0 Å². The van der Waals surface area contributed by atoms with Gasteiger partial charge in [-0.25, -0.2) is 0 Å². The Balaban J connectivity index is 1.90. The van der Waals surface area contributed by atoms with Crippen LogP contribution >= 0.6 is 0 Å². The molecule has 2 aliphatic rings. The van der Waals surface area contributed by atoms with Crippen LogP contribution in [0.15, 0.2) is 0 Å². The maximum atomic E-state index is 5.41. The molecule has 0 spiro atoms. The predicted molar refractivity (Wildman–Crippen MR) is 52.9 cm³/mol. The summed E-state index contributed by atoms with van der Waals surface area (Å²) in [5, 5.41) is 0. The van der Waals surface area contributed by atoms with E-state index in [1.807, 2.05) is 7.11 Å². The van der Waals surface area contributed by atoms with Gasteiger partial charge in [0.05, 0.1) is 6.10 Å². The van der Waals surface area contributed by atoms with Crippen molar-refractivity contribution in [3.8, 4) is 0 Å². The van der Waals surface area contributed by atoms with Crippen molar-refractivity contribution in [2.45, 2.75) is 25.5 Å². The molecule has 3 nitrogen and oxygen atoms in total. The minimum atomic E-state index is 0.488. The summed E-state index contributed by atoms with van der Waals surface area (Å²) in [5.74, 6) is 0. The van der Waals surface area contributed by atoms with E-state index < -0.39 is 0 Å². The number of ether oxygens (including phenoxy) is 1. The molecule has 0 bridgehead atoms. The molecule has 0 aliphatic carbocycles. The van der Waals surface area contributed by atoms with Crippen LogP contribution in [0.2, 0.25) is 0 Å². The third-order valence-corrected chi connectivity index (χ3v) is 3.44. The van der Waals surface area contributed by atoms with Crippen molar-refractivity contribution in [3.05, 3.63) is 0 Å². The normalized spacial score (nSPS) is 36.5. The highest BCUT2D eigenvalue weighted by atomic mass is 16.5. The molecule has 76 valence electrons. The lowest BCUT2D eigenvalue weighted by Gasteiger charge is -2.36. The predicted octanol–water partition coefficient (Wildman–Crippen LogP) is 0.411. The van der Waals surface area contributed by atoms with E-state index in [-0.39, 0.29) is 0 Å². The van der Waals surface area contributed by atoms with E-state index in [0.717, 1.165) is 12.6 Å². The molecular weight excluding hydrogens is 164 g/mol. The fourth-order valence-electron chi connectivity index (χ4n) is 2.52. The van der Waals surface area contributed by atoms with Gasteiger partial charge in [-0.15, -0.1) is 0 Å². The highest BCUT2D eigenvalue weighted by molar-refractivity contribution is 4.91. The second-order valence-corrected chi connectivity index (χ2v) is 4.14. The summed E-state index contributed by atoms with van der Waals surface area (Å²) in [6, 6.07) is 0.763. The molecule has 3 heteroatoms. The van der Waals surface area contributed by atoms with Crippen LogP contribution in [0.25, 0.3) is 0 Å². The summed E-state index contributed by atoms with van der Waals surface area (Å²) >= 11 is 0. The average molecular weight is 184 g/mol. The molecule has 2 aliphatic heterocycles. The Kier molecular flexibility index (Phi) is 2.86. The van der Waals surface area contributed by atoms with Crippen molar-refractivity contribution < 1.29 is 4.74 Å². The van der Waals surface area contributed by atoms with Gasteiger partial charge in [0, 0.05) is 39.3 Å². The quantitative estimate of drug-likeness (QED) is 0.618. The molecule has 2 rings (SSSR count). The van der Waals surface area contributed by atoms with Gasteiger partial charge >= 0.3 is 0 Å². The summed E-state index contributed by atoms with van der Waals surface area (Å²) in [7, 11) is 1.83. The Morgan fingerprint density at radius 3 is 2.85 bits per heavy atom. The number of likely N-dealkylation sites (N-methyl/N-ethyl adjacent to an activating group) is 1. The Bertz CT molecular complexity index is 172. The molecule has 0 aromatic rings. The molecule has 13 heavy (non-hydrogen) atoms. The Morgan fingerprint density at radius 1 is 1.31 bits per heavy atom. The fraction of sp³-hybridized carbons (Fsp3) is 1.00. The third kappa shape index (κ3) is 1.87. The van der Waals surface area contributed by atoms with Crippen LogP contribution in [0.5, 0.6) is 0 Å². The third-order valence-electron chi connectivity index (χ3n) is 3.44. The molecule has 2 atom stereocenters. The number of methoxy groups -OCH3 is 1. The van der Waals surface area contributed by atoms with Gasteiger partial charge in [-0.1, -0.05) is 6.92 Å². The Hall–Kier alpha value is -0.120. The lowest BCUT2D eigenvalue weighted by Crippen LogP contribution is -2.49. The van der Waals surface area contributed by atoms with E-state index in [1.54, 1.807) is 0 Å². The molecule has 0 aromatic heterocycles. The number of hydrogen-bond acceptors (Lipinski definition) is 3. The van der Waals surface area contributed by atoms with Crippen molar-refractivity contribution >= 4 is 0 Å². The van der Waals surface area contributed by atoms with E-state index in [0.29, 0.717) is 6.10 Å². The first-order chi connectivity index (χ1) is 6.33. The first-order valence-electron chi connectivity index (χ1n) is 5.32. The van der Waals surface area contributed by atoms with Crippen molar-refractivity contribution in [1.82, 2.24) is 9.80 Å². The molecule has 0 radical (unpaired) electrons. The van der Waals surface area contributed by atoms with E-state index in [1.165, 1.54) is 32.6 Å². The highest BCUT2D eigenvalue weighted by Crippen LogP contribution is 2.23. The number of piperazine rings is 1. The molecule has 0 saturated carbocycles. The lowest BCUT2D eigenvalue weighted by atomic mass is 10.1. The molecule has 0 N–H and O–H groups in total. The molecule has 0 amide bonds. The van der Waals surface area contributed by atoms with Crippen LogP contribution in [0.3, 0.4) is 0 Å². The van der Waals surface area contributed by atoms with Crippen LogP contribution in [-0.2, 0) is 4.74 Å². The molecule has 2 unspecified atom stereocenters. The van der Waals surface area contributed by atoms with Crippen LogP contribution in [-0.4, -0.2) is 61.8 Å². The zero-order valence-corrected chi connectivity index (χ0v) is 8.70. The Labute approximate surface area is 80.6 Å². The van der Waals surface area contributed by atoms with Gasteiger partial charge < -0.3 is 9.64 Å². The number of fused-ring (bicyclic) bond motifs is 1. The second-order valence-electron chi connectivity index (χ2n) is 4.14. The summed E-state index contributed by atoms with van der Waals surface area (Å²) < 4.78 is 5.41. The van der Waals surface area contributed by atoms with Crippen molar-refractivity contribution in [2.75, 3.05) is 39.8 Å². The van der Waals surface area contributed by atoms with E-state index in [9.17, 15) is 0 Å². The van der Waals surface area contributed by atoms with Crippen molar-refractivity contribution in [2.24, 2.45) is 0 Å². The molecule has 2 saturated heterocycles. The van der Waals surface area contributed by atoms with Crippen LogP contribution in [0.4, 0.5) is 0 Å².